The Morgan fingerprint density at radius 2 is 1.76 bits per heavy atom. The minimum Gasteiger partial charge on any atom is -0.484 e. The van der Waals surface area contributed by atoms with E-state index in [1.54, 1.807) is 24.3 Å². The standard InChI is InChI=1S/C16H17ClN2O2/c17-13-3-1-12(2-4-13)9-10-19-16(20)11-21-15-7-5-14(18)6-8-15/h1-8H,9-11,18H2,(H,19,20). The molecule has 1 amide bonds. The Morgan fingerprint density at radius 1 is 1.10 bits per heavy atom. The molecule has 4 nitrogen and oxygen atoms in total. The molecule has 0 aromatic heterocycles. The summed E-state index contributed by atoms with van der Waals surface area (Å²) in [5, 5.41) is 3.51. The molecule has 0 aliphatic carbocycles. The van der Waals surface area contributed by atoms with Gasteiger partial charge in [0.15, 0.2) is 6.61 Å². The first-order valence-electron chi connectivity index (χ1n) is 6.63. The van der Waals surface area contributed by atoms with Gasteiger partial charge in [0.2, 0.25) is 0 Å². The van der Waals surface area contributed by atoms with Gasteiger partial charge in [-0.15, -0.1) is 0 Å². The lowest BCUT2D eigenvalue weighted by Gasteiger charge is -2.08. The Labute approximate surface area is 128 Å². The van der Waals surface area contributed by atoms with E-state index in [2.05, 4.69) is 5.32 Å². The number of benzene rings is 2. The SMILES string of the molecule is Nc1ccc(OCC(=O)NCCc2ccc(Cl)cc2)cc1. The Hall–Kier alpha value is -2.20. The lowest BCUT2D eigenvalue weighted by Crippen LogP contribution is -2.30. The summed E-state index contributed by atoms with van der Waals surface area (Å²) in [5.41, 5.74) is 7.36. The number of carbonyl (C=O) groups is 1. The molecule has 3 N–H and O–H groups in total. The molecular formula is C16H17ClN2O2. The summed E-state index contributed by atoms with van der Waals surface area (Å²) in [6, 6.07) is 14.5. The number of carbonyl (C=O) groups excluding carboxylic acids is 1. The van der Waals surface area contributed by atoms with Gasteiger partial charge in [-0.1, -0.05) is 23.7 Å². The molecule has 2 aromatic rings. The zero-order valence-electron chi connectivity index (χ0n) is 11.5. The largest absolute Gasteiger partial charge is 0.484 e. The number of hydrogen-bond acceptors (Lipinski definition) is 3. The smallest absolute Gasteiger partial charge is 0.257 e. The number of hydrogen-bond donors (Lipinski definition) is 2. The number of nitrogens with one attached hydrogen (secondary N) is 1. The lowest BCUT2D eigenvalue weighted by molar-refractivity contribution is -0.123. The maximum Gasteiger partial charge on any atom is 0.257 e. The Bertz CT molecular complexity index is 582. The molecule has 0 saturated heterocycles. The average molecular weight is 305 g/mol. The van der Waals surface area contributed by atoms with Gasteiger partial charge in [-0.3, -0.25) is 4.79 Å². The fraction of sp³-hybridized carbons (Fsp3) is 0.188. The van der Waals surface area contributed by atoms with Crippen LogP contribution in [-0.2, 0) is 11.2 Å². The van der Waals surface area contributed by atoms with E-state index >= 15 is 0 Å². The molecule has 0 unspecified atom stereocenters. The van der Waals surface area contributed by atoms with Crippen molar-refractivity contribution in [1.82, 2.24) is 5.32 Å². The van der Waals surface area contributed by atoms with Crippen molar-refractivity contribution in [2.75, 3.05) is 18.9 Å². The molecule has 0 bridgehead atoms. The third-order valence-corrected chi connectivity index (χ3v) is 3.15. The first-order chi connectivity index (χ1) is 10.1. The average Bonchev–Trinajstić information content (AvgIpc) is 2.49. The summed E-state index contributed by atoms with van der Waals surface area (Å²) in [5.74, 6) is 0.470. The van der Waals surface area contributed by atoms with Crippen LogP contribution in [0.1, 0.15) is 5.56 Å². The number of nitrogens with two attached hydrogens (primary N) is 1. The van der Waals surface area contributed by atoms with Crippen molar-refractivity contribution in [2.45, 2.75) is 6.42 Å². The summed E-state index contributed by atoms with van der Waals surface area (Å²) in [6.07, 6.45) is 0.755. The molecule has 0 aliphatic rings. The van der Waals surface area contributed by atoms with E-state index in [1.807, 2.05) is 24.3 Å². The summed E-state index contributed by atoms with van der Waals surface area (Å²) in [6.45, 7) is 0.552. The van der Waals surface area contributed by atoms with Gasteiger partial charge >= 0.3 is 0 Å². The highest BCUT2D eigenvalue weighted by atomic mass is 35.5. The van der Waals surface area contributed by atoms with Crippen molar-refractivity contribution in [3.05, 3.63) is 59.1 Å². The van der Waals surface area contributed by atoms with Crippen molar-refractivity contribution < 1.29 is 9.53 Å². The van der Waals surface area contributed by atoms with Crippen LogP contribution in [0.2, 0.25) is 5.02 Å². The predicted octanol–water partition coefficient (Wildman–Crippen LogP) is 2.66. The Morgan fingerprint density at radius 3 is 2.43 bits per heavy atom. The number of anilines is 1. The van der Waals surface area contributed by atoms with Crippen LogP contribution >= 0.6 is 11.6 Å². The van der Waals surface area contributed by atoms with Gasteiger partial charge in [-0.05, 0) is 48.4 Å². The fourth-order valence-electron chi connectivity index (χ4n) is 1.76. The highest BCUT2D eigenvalue weighted by Gasteiger charge is 2.02. The first-order valence-corrected chi connectivity index (χ1v) is 7.01. The van der Waals surface area contributed by atoms with Crippen LogP contribution in [0.3, 0.4) is 0 Å². The summed E-state index contributed by atoms with van der Waals surface area (Å²) >= 11 is 5.81. The highest BCUT2D eigenvalue weighted by molar-refractivity contribution is 6.30. The Kier molecular flexibility index (Phi) is 5.46. The third kappa shape index (κ3) is 5.36. The molecule has 0 heterocycles. The molecular weight excluding hydrogens is 288 g/mol. The number of rotatable bonds is 6. The molecule has 0 spiro atoms. The molecule has 2 aromatic carbocycles. The first kappa shape index (κ1) is 15.2. The van der Waals surface area contributed by atoms with E-state index in [0.717, 1.165) is 12.0 Å². The van der Waals surface area contributed by atoms with Crippen molar-refractivity contribution in [3.8, 4) is 5.75 Å². The zero-order valence-corrected chi connectivity index (χ0v) is 12.3. The minimum atomic E-state index is -0.152. The van der Waals surface area contributed by atoms with Gasteiger partial charge in [0.1, 0.15) is 5.75 Å². The van der Waals surface area contributed by atoms with E-state index in [1.165, 1.54) is 0 Å². The molecule has 0 atom stereocenters. The third-order valence-electron chi connectivity index (χ3n) is 2.90. The monoisotopic (exact) mass is 304 g/mol. The highest BCUT2D eigenvalue weighted by Crippen LogP contribution is 2.12. The van der Waals surface area contributed by atoms with E-state index in [0.29, 0.717) is 23.0 Å². The maximum absolute atomic E-state index is 11.6. The fourth-order valence-corrected chi connectivity index (χ4v) is 1.89. The lowest BCUT2D eigenvalue weighted by atomic mass is 10.1. The molecule has 0 radical (unpaired) electrons. The number of amides is 1. The van der Waals surface area contributed by atoms with Gasteiger partial charge in [0.05, 0.1) is 0 Å². The van der Waals surface area contributed by atoms with Crippen molar-refractivity contribution in [2.24, 2.45) is 0 Å². The summed E-state index contributed by atoms with van der Waals surface area (Å²) in [4.78, 5) is 11.6. The molecule has 110 valence electrons. The second kappa shape index (κ2) is 7.55. The predicted molar refractivity (Wildman–Crippen MR) is 84.5 cm³/mol. The number of nitrogen functional groups attached to an aromatic ring is 1. The van der Waals surface area contributed by atoms with E-state index in [9.17, 15) is 4.79 Å². The molecule has 5 heteroatoms. The second-order valence-electron chi connectivity index (χ2n) is 4.58. The van der Waals surface area contributed by atoms with E-state index in [4.69, 9.17) is 22.1 Å². The van der Waals surface area contributed by atoms with Crippen LogP contribution in [0.25, 0.3) is 0 Å². The second-order valence-corrected chi connectivity index (χ2v) is 5.02. The van der Waals surface area contributed by atoms with Crippen molar-refractivity contribution >= 4 is 23.2 Å². The van der Waals surface area contributed by atoms with Crippen LogP contribution < -0.4 is 15.8 Å². The summed E-state index contributed by atoms with van der Waals surface area (Å²) in [7, 11) is 0. The number of halogens is 1. The van der Waals surface area contributed by atoms with Crippen molar-refractivity contribution in [3.63, 3.8) is 0 Å². The van der Waals surface area contributed by atoms with E-state index < -0.39 is 0 Å². The quantitative estimate of drug-likeness (QED) is 0.806. The van der Waals surface area contributed by atoms with Gasteiger partial charge in [0, 0.05) is 17.3 Å². The molecule has 0 saturated carbocycles. The van der Waals surface area contributed by atoms with Gasteiger partial charge in [-0.2, -0.15) is 0 Å². The minimum absolute atomic E-state index is 0.00939. The van der Waals surface area contributed by atoms with Crippen LogP contribution in [0.15, 0.2) is 48.5 Å². The van der Waals surface area contributed by atoms with Gasteiger partial charge < -0.3 is 15.8 Å². The molecule has 21 heavy (non-hydrogen) atoms. The van der Waals surface area contributed by atoms with Crippen LogP contribution in [0.5, 0.6) is 5.75 Å². The molecule has 2 rings (SSSR count). The molecule has 0 fully saturated rings. The van der Waals surface area contributed by atoms with Gasteiger partial charge in [0.25, 0.3) is 5.91 Å². The molecule has 0 aliphatic heterocycles. The van der Waals surface area contributed by atoms with Crippen molar-refractivity contribution in [1.29, 1.82) is 0 Å². The zero-order chi connectivity index (χ0) is 15.1. The van der Waals surface area contributed by atoms with Crippen LogP contribution in [0, 0.1) is 0 Å². The maximum atomic E-state index is 11.6. The normalized spacial score (nSPS) is 10.1. The summed E-state index contributed by atoms with van der Waals surface area (Å²) < 4.78 is 5.36. The van der Waals surface area contributed by atoms with Crippen LogP contribution in [-0.4, -0.2) is 19.1 Å². The Balaban J connectivity index is 1.67. The van der Waals surface area contributed by atoms with Crippen LogP contribution in [0.4, 0.5) is 5.69 Å². The number of ether oxygens (including phenoxy) is 1. The van der Waals surface area contributed by atoms with E-state index in [-0.39, 0.29) is 12.5 Å². The van der Waals surface area contributed by atoms with Gasteiger partial charge in [-0.25, -0.2) is 0 Å². The topological polar surface area (TPSA) is 64.3 Å².